The van der Waals surface area contributed by atoms with Gasteiger partial charge in [0.25, 0.3) is 0 Å². The molecule has 0 amide bonds. The van der Waals surface area contributed by atoms with E-state index in [0.717, 1.165) is 32.0 Å². The second-order valence-electron chi connectivity index (χ2n) is 3.59. The van der Waals surface area contributed by atoms with Gasteiger partial charge >= 0.3 is 8.56 Å². The van der Waals surface area contributed by atoms with E-state index < -0.39 is 8.56 Å². The summed E-state index contributed by atoms with van der Waals surface area (Å²) >= 11 is 0. The number of nitrogens with two attached hydrogens (primary N) is 1. The lowest BCUT2D eigenvalue weighted by atomic mass is 10.3. The van der Waals surface area contributed by atoms with Crippen molar-refractivity contribution in [1.82, 2.24) is 0 Å². The topological polar surface area (TPSA) is 44.5 Å². The molecule has 72 valence electrons. The molecule has 1 heterocycles. The zero-order valence-electron chi connectivity index (χ0n) is 8.01. The van der Waals surface area contributed by atoms with E-state index in [1.807, 2.05) is 0 Å². The fourth-order valence-corrected chi connectivity index (χ4v) is 4.21. The van der Waals surface area contributed by atoms with E-state index in [1.54, 1.807) is 0 Å². The lowest BCUT2D eigenvalue weighted by Gasteiger charge is -2.35. The fourth-order valence-electron chi connectivity index (χ4n) is 1.51. The van der Waals surface area contributed by atoms with Gasteiger partial charge in [0.2, 0.25) is 0 Å². The zero-order valence-corrected chi connectivity index (χ0v) is 9.01. The van der Waals surface area contributed by atoms with E-state index in [-0.39, 0.29) is 0 Å². The maximum absolute atomic E-state index is 5.84. The van der Waals surface area contributed by atoms with Crippen molar-refractivity contribution in [2.45, 2.75) is 38.5 Å². The summed E-state index contributed by atoms with van der Waals surface area (Å²) in [6.07, 6.45) is 2.44. The first kappa shape index (κ1) is 10.2. The summed E-state index contributed by atoms with van der Waals surface area (Å²) in [5, 5.41) is 0. The monoisotopic (exact) mass is 189 g/mol. The van der Waals surface area contributed by atoms with E-state index in [0.29, 0.717) is 6.10 Å². The summed E-state index contributed by atoms with van der Waals surface area (Å²) in [5.41, 5.74) is 5.45. The summed E-state index contributed by atoms with van der Waals surface area (Å²) in [7, 11) is -1.80. The van der Waals surface area contributed by atoms with Gasteiger partial charge in [0.15, 0.2) is 0 Å². The minimum absolute atomic E-state index is 0.383. The highest BCUT2D eigenvalue weighted by atomic mass is 28.4. The normalized spacial score (nSPS) is 36.8. The number of hydrogen-bond donors (Lipinski definition) is 1. The third kappa shape index (κ3) is 2.86. The van der Waals surface area contributed by atoms with Gasteiger partial charge in [-0.25, -0.2) is 0 Å². The first-order chi connectivity index (χ1) is 5.66. The first-order valence-corrected chi connectivity index (χ1v) is 7.20. The van der Waals surface area contributed by atoms with Crippen LogP contribution in [-0.2, 0) is 8.85 Å². The molecule has 2 atom stereocenters. The summed E-state index contributed by atoms with van der Waals surface area (Å²) in [6.45, 7) is 5.87. The maximum Gasteiger partial charge on any atom is 0.335 e. The molecular formula is C8H19NO2Si. The minimum atomic E-state index is -1.80. The summed E-state index contributed by atoms with van der Waals surface area (Å²) in [5.74, 6) is 0. The molecule has 1 aliphatic rings. The molecule has 0 bridgehead atoms. The molecule has 1 fully saturated rings. The Labute approximate surface area is 75.5 Å². The third-order valence-corrected chi connectivity index (χ3v) is 5.19. The Morgan fingerprint density at radius 3 is 2.92 bits per heavy atom. The molecule has 4 heteroatoms. The van der Waals surface area contributed by atoms with Gasteiger partial charge < -0.3 is 14.6 Å². The van der Waals surface area contributed by atoms with Gasteiger partial charge in [0.1, 0.15) is 0 Å². The Bertz CT molecular complexity index is 145. The van der Waals surface area contributed by atoms with Gasteiger partial charge in [-0.3, -0.25) is 0 Å². The van der Waals surface area contributed by atoms with Crippen LogP contribution in [0.2, 0.25) is 12.6 Å². The van der Waals surface area contributed by atoms with E-state index in [4.69, 9.17) is 14.6 Å². The van der Waals surface area contributed by atoms with Crippen LogP contribution in [0, 0.1) is 0 Å². The molecule has 0 aromatic heterocycles. The predicted octanol–water partition coefficient (Wildman–Crippen LogP) is 1.23. The average Bonchev–Trinajstić information content (AvgIpc) is 2.01. The molecule has 1 saturated heterocycles. The lowest BCUT2D eigenvalue weighted by Crippen LogP contribution is -2.46. The Kier molecular flexibility index (Phi) is 3.70. The van der Waals surface area contributed by atoms with Crippen molar-refractivity contribution in [3.63, 3.8) is 0 Å². The van der Waals surface area contributed by atoms with Gasteiger partial charge in [-0.2, -0.15) is 0 Å². The molecule has 0 radical (unpaired) electrons. The molecule has 1 aliphatic heterocycles. The van der Waals surface area contributed by atoms with Gasteiger partial charge in [-0.05, 0) is 38.9 Å². The van der Waals surface area contributed by atoms with Crippen LogP contribution in [0.5, 0.6) is 0 Å². The van der Waals surface area contributed by atoms with Crippen molar-refractivity contribution in [3.05, 3.63) is 0 Å². The SMILES string of the molecule is CC1CCO[Si](C)(CCCN)O1. The molecule has 2 unspecified atom stereocenters. The number of hydrogen-bond acceptors (Lipinski definition) is 3. The Balaban J connectivity index is 2.35. The third-order valence-electron chi connectivity index (χ3n) is 2.22. The fraction of sp³-hybridized carbons (Fsp3) is 1.00. The Hall–Kier alpha value is 0.0969. The van der Waals surface area contributed by atoms with Crippen LogP contribution in [0.15, 0.2) is 0 Å². The lowest BCUT2D eigenvalue weighted by molar-refractivity contribution is 0.0601. The van der Waals surface area contributed by atoms with E-state index in [1.165, 1.54) is 0 Å². The molecule has 2 N–H and O–H groups in total. The molecular weight excluding hydrogens is 170 g/mol. The van der Waals surface area contributed by atoms with Gasteiger partial charge in [-0.15, -0.1) is 0 Å². The summed E-state index contributed by atoms with van der Waals surface area (Å²) < 4.78 is 11.5. The zero-order chi connectivity index (χ0) is 9.03. The molecule has 12 heavy (non-hydrogen) atoms. The van der Waals surface area contributed by atoms with Crippen molar-refractivity contribution in [2.75, 3.05) is 13.2 Å². The Morgan fingerprint density at radius 2 is 2.33 bits per heavy atom. The van der Waals surface area contributed by atoms with Crippen LogP contribution in [0.4, 0.5) is 0 Å². The molecule has 0 saturated carbocycles. The Morgan fingerprint density at radius 1 is 1.58 bits per heavy atom. The summed E-state index contributed by atoms with van der Waals surface area (Å²) in [6, 6.07) is 1.04. The largest absolute Gasteiger partial charge is 0.394 e. The molecule has 1 rings (SSSR count). The molecule has 0 spiro atoms. The van der Waals surface area contributed by atoms with Crippen LogP contribution in [0.25, 0.3) is 0 Å². The average molecular weight is 189 g/mol. The molecule has 0 aromatic carbocycles. The van der Waals surface area contributed by atoms with Crippen LogP contribution >= 0.6 is 0 Å². The quantitative estimate of drug-likeness (QED) is 0.679. The van der Waals surface area contributed by atoms with Crippen molar-refractivity contribution >= 4 is 8.56 Å². The minimum Gasteiger partial charge on any atom is -0.394 e. The highest BCUT2D eigenvalue weighted by Gasteiger charge is 2.35. The smallest absolute Gasteiger partial charge is 0.335 e. The second kappa shape index (κ2) is 4.37. The van der Waals surface area contributed by atoms with Crippen LogP contribution in [-0.4, -0.2) is 27.8 Å². The highest BCUT2D eigenvalue weighted by Crippen LogP contribution is 2.23. The first-order valence-electron chi connectivity index (χ1n) is 4.68. The molecule has 0 aromatic rings. The second-order valence-corrected chi connectivity index (χ2v) is 6.88. The van der Waals surface area contributed by atoms with E-state index in [9.17, 15) is 0 Å². The van der Waals surface area contributed by atoms with Crippen LogP contribution < -0.4 is 5.73 Å². The van der Waals surface area contributed by atoms with Gasteiger partial charge in [-0.1, -0.05) is 0 Å². The van der Waals surface area contributed by atoms with E-state index in [2.05, 4.69) is 13.5 Å². The van der Waals surface area contributed by atoms with Gasteiger partial charge in [0.05, 0.1) is 0 Å². The van der Waals surface area contributed by atoms with E-state index >= 15 is 0 Å². The number of rotatable bonds is 3. The molecule has 0 aliphatic carbocycles. The standard InChI is InChI=1S/C8H19NO2Si/c1-8-4-6-10-12(2,11-8)7-3-5-9/h8H,3-7,9H2,1-2H3. The van der Waals surface area contributed by atoms with Crippen molar-refractivity contribution in [2.24, 2.45) is 5.73 Å². The van der Waals surface area contributed by atoms with Crippen molar-refractivity contribution in [3.8, 4) is 0 Å². The van der Waals surface area contributed by atoms with Gasteiger partial charge in [0, 0.05) is 12.7 Å². The molecule has 3 nitrogen and oxygen atoms in total. The van der Waals surface area contributed by atoms with Crippen LogP contribution in [0.1, 0.15) is 19.8 Å². The van der Waals surface area contributed by atoms with Crippen LogP contribution in [0.3, 0.4) is 0 Å². The highest BCUT2D eigenvalue weighted by molar-refractivity contribution is 6.66. The van der Waals surface area contributed by atoms with Crippen molar-refractivity contribution < 1.29 is 8.85 Å². The maximum atomic E-state index is 5.84. The summed E-state index contributed by atoms with van der Waals surface area (Å²) in [4.78, 5) is 0. The predicted molar refractivity (Wildman–Crippen MR) is 51.2 cm³/mol. The van der Waals surface area contributed by atoms with Crippen molar-refractivity contribution in [1.29, 1.82) is 0 Å².